The van der Waals surface area contributed by atoms with Crippen LogP contribution in [0.5, 0.6) is 0 Å². The maximum Gasteiger partial charge on any atom is -0.0414 e. The Kier molecular flexibility index (Phi) is 35.0. The Morgan fingerprint density at radius 1 is 0.289 bits per heavy atom. The molecule has 0 bridgehead atoms. The van der Waals surface area contributed by atoms with E-state index in [2.05, 4.69) is 20.8 Å². The standard InChI is InChI=1S/C38H77/c1-4-7-9-11-13-15-17-19-20-21-22-23-24-25-27-29-31-33-35-37-38(6-3)36-34-32-30-28-26-18-16-14-12-10-8-5-2/h38H,3-37H2,1-2H3. The molecule has 0 fully saturated rings. The van der Waals surface area contributed by atoms with Crippen molar-refractivity contribution >= 4 is 0 Å². The first-order valence-electron chi connectivity index (χ1n) is 18.6. The summed E-state index contributed by atoms with van der Waals surface area (Å²) < 4.78 is 0. The van der Waals surface area contributed by atoms with E-state index in [1.165, 1.54) is 212 Å². The second-order valence-electron chi connectivity index (χ2n) is 13.0. The zero-order valence-electron chi connectivity index (χ0n) is 27.3. The van der Waals surface area contributed by atoms with Crippen LogP contribution in [0, 0.1) is 12.8 Å². The van der Waals surface area contributed by atoms with Gasteiger partial charge in [-0.15, -0.1) is 0 Å². The molecule has 0 N–H and O–H groups in total. The third kappa shape index (κ3) is 32.2. The summed E-state index contributed by atoms with van der Waals surface area (Å²) in [6.07, 6.45) is 49.5. The van der Waals surface area contributed by atoms with Crippen LogP contribution in [-0.4, -0.2) is 0 Å². The second-order valence-corrected chi connectivity index (χ2v) is 13.0. The average Bonchev–Trinajstić information content (AvgIpc) is 2.93. The van der Waals surface area contributed by atoms with E-state index < -0.39 is 0 Å². The predicted molar refractivity (Wildman–Crippen MR) is 177 cm³/mol. The van der Waals surface area contributed by atoms with E-state index in [0.29, 0.717) is 0 Å². The van der Waals surface area contributed by atoms with Gasteiger partial charge in [-0.1, -0.05) is 239 Å². The molecular formula is C38H77. The minimum atomic E-state index is 0.906. The van der Waals surface area contributed by atoms with Crippen LogP contribution in [-0.2, 0) is 0 Å². The highest BCUT2D eigenvalue weighted by Gasteiger charge is 2.06. The zero-order chi connectivity index (χ0) is 27.6. The quantitative estimate of drug-likeness (QED) is 0.0721. The Labute approximate surface area is 244 Å². The van der Waals surface area contributed by atoms with Gasteiger partial charge in [0.1, 0.15) is 0 Å². The molecular weight excluding hydrogens is 456 g/mol. The van der Waals surface area contributed by atoms with E-state index in [1.54, 1.807) is 0 Å². The fourth-order valence-corrected chi connectivity index (χ4v) is 6.22. The Morgan fingerprint density at radius 3 is 0.658 bits per heavy atom. The van der Waals surface area contributed by atoms with Crippen LogP contribution in [0.1, 0.15) is 232 Å². The van der Waals surface area contributed by atoms with Crippen molar-refractivity contribution in [2.24, 2.45) is 5.92 Å². The molecule has 229 valence electrons. The summed E-state index contributed by atoms with van der Waals surface area (Å²) in [5.74, 6) is 0.906. The van der Waals surface area contributed by atoms with E-state index in [1.807, 2.05) is 0 Å². The molecule has 0 rings (SSSR count). The van der Waals surface area contributed by atoms with Gasteiger partial charge in [0, 0.05) is 0 Å². The summed E-state index contributed by atoms with van der Waals surface area (Å²) in [7, 11) is 0. The van der Waals surface area contributed by atoms with Crippen LogP contribution in [0.2, 0.25) is 0 Å². The van der Waals surface area contributed by atoms with Crippen molar-refractivity contribution in [1.82, 2.24) is 0 Å². The highest BCUT2D eigenvalue weighted by molar-refractivity contribution is 4.62. The van der Waals surface area contributed by atoms with Crippen molar-refractivity contribution < 1.29 is 0 Å². The van der Waals surface area contributed by atoms with Crippen molar-refractivity contribution in [2.75, 3.05) is 0 Å². The third-order valence-corrected chi connectivity index (χ3v) is 9.09. The number of rotatable bonds is 34. The monoisotopic (exact) mass is 534 g/mol. The maximum atomic E-state index is 4.26. The lowest BCUT2D eigenvalue weighted by molar-refractivity contribution is 0.404. The van der Waals surface area contributed by atoms with Crippen LogP contribution in [0.25, 0.3) is 0 Å². The molecule has 0 saturated heterocycles. The van der Waals surface area contributed by atoms with Gasteiger partial charge in [-0.25, -0.2) is 0 Å². The van der Waals surface area contributed by atoms with Gasteiger partial charge in [0.2, 0.25) is 0 Å². The molecule has 38 heavy (non-hydrogen) atoms. The molecule has 0 aromatic heterocycles. The third-order valence-electron chi connectivity index (χ3n) is 9.09. The van der Waals surface area contributed by atoms with Crippen LogP contribution in [0.3, 0.4) is 0 Å². The molecule has 0 amide bonds. The Balaban J connectivity index is 3.23. The summed E-state index contributed by atoms with van der Waals surface area (Å²) >= 11 is 0. The minimum Gasteiger partial charge on any atom is -0.0654 e. The van der Waals surface area contributed by atoms with Crippen molar-refractivity contribution in [3.63, 3.8) is 0 Å². The molecule has 0 heteroatoms. The molecule has 1 atom stereocenters. The van der Waals surface area contributed by atoms with E-state index in [4.69, 9.17) is 0 Å². The van der Waals surface area contributed by atoms with Crippen molar-refractivity contribution in [1.29, 1.82) is 0 Å². The minimum absolute atomic E-state index is 0.906. The predicted octanol–water partition coefficient (Wildman–Crippen LogP) is 14.7. The summed E-state index contributed by atoms with van der Waals surface area (Å²) in [4.78, 5) is 0. The highest BCUT2D eigenvalue weighted by Crippen LogP contribution is 2.22. The van der Waals surface area contributed by atoms with Crippen LogP contribution in [0.4, 0.5) is 0 Å². The Hall–Kier alpha value is 0. The smallest absolute Gasteiger partial charge is 0.0414 e. The normalized spacial score (nSPS) is 12.4. The van der Waals surface area contributed by atoms with Crippen molar-refractivity contribution in [3.05, 3.63) is 6.92 Å². The van der Waals surface area contributed by atoms with Gasteiger partial charge in [0.05, 0.1) is 0 Å². The number of hydrogen-bond acceptors (Lipinski definition) is 0. The van der Waals surface area contributed by atoms with Crippen LogP contribution >= 0.6 is 0 Å². The molecule has 1 unspecified atom stereocenters. The van der Waals surface area contributed by atoms with Crippen molar-refractivity contribution in [2.45, 2.75) is 232 Å². The van der Waals surface area contributed by atoms with E-state index >= 15 is 0 Å². The maximum absolute atomic E-state index is 4.26. The lowest BCUT2D eigenvalue weighted by Crippen LogP contribution is -1.99. The molecule has 0 nitrogen and oxygen atoms in total. The van der Waals surface area contributed by atoms with E-state index in [0.717, 1.165) is 12.3 Å². The van der Waals surface area contributed by atoms with Gasteiger partial charge in [0.15, 0.2) is 0 Å². The summed E-state index contributed by atoms with van der Waals surface area (Å²) in [5.41, 5.74) is 0. The van der Waals surface area contributed by atoms with Crippen LogP contribution < -0.4 is 0 Å². The number of hydrogen-bond donors (Lipinski definition) is 0. The first kappa shape index (κ1) is 38.0. The van der Waals surface area contributed by atoms with Gasteiger partial charge in [-0.05, 0) is 5.92 Å². The molecule has 0 aromatic rings. The summed E-state index contributed by atoms with van der Waals surface area (Å²) in [5, 5.41) is 0. The van der Waals surface area contributed by atoms with Gasteiger partial charge in [0.25, 0.3) is 0 Å². The fourth-order valence-electron chi connectivity index (χ4n) is 6.22. The first-order chi connectivity index (χ1) is 18.8. The molecule has 0 aliphatic heterocycles. The zero-order valence-corrected chi connectivity index (χ0v) is 27.3. The largest absolute Gasteiger partial charge is 0.0654 e. The summed E-state index contributed by atoms with van der Waals surface area (Å²) in [6, 6.07) is 0. The Morgan fingerprint density at radius 2 is 0.474 bits per heavy atom. The van der Waals surface area contributed by atoms with Gasteiger partial charge >= 0.3 is 0 Å². The first-order valence-corrected chi connectivity index (χ1v) is 18.6. The molecule has 0 heterocycles. The molecule has 0 saturated carbocycles. The van der Waals surface area contributed by atoms with Gasteiger partial charge < -0.3 is 0 Å². The lowest BCUT2D eigenvalue weighted by atomic mass is 9.92. The number of unbranched alkanes of at least 4 members (excludes halogenated alkanes) is 29. The van der Waals surface area contributed by atoms with Crippen LogP contribution in [0.15, 0.2) is 0 Å². The SMILES string of the molecule is [CH2]CC(CCCCCCCCCCCCCC)CCCCCCCCCCCCCCCCCCCCC. The van der Waals surface area contributed by atoms with Crippen molar-refractivity contribution in [3.8, 4) is 0 Å². The fraction of sp³-hybridized carbons (Fsp3) is 0.974. The topological polar surface area (TPSA) is 0 Å². The molecule has 0 spiro atoms. The second kappa shape index (κ2) is 35.0. The Bertz CT molecular complexity index is 385. The van der Waals surface area contributed by atoms with Gasteiger partial charge in [-0.3, -0.25) is 0 Å². The van der Waals surface area contributed by atoms with E-state index in [-0.39, 0.29) is 0 Å². The lowest BCUT2D eigenvalue weighted by Gasteiger charge is -2.14. The molecule has 0 aliphatic rings. The molecule has 0 aliphatic carbocycles. The van der Waals surface area contributed by atoms with E-state index in [9.17, 15) is 0 Å². The average molecular weight is 534 g/mol. The highest BCUT2D eigenvalue weighted by atomic mass is 14.1. The van der Waals surface area contributed by atoms with Gasteiger partial charge in [-0.2, -0.15) is 0 Å². The molecule has 0 aromatic carbocycles. The summed E-state index contributed by atoms with van der Waals surface area (Å²) in [6.45, 7) is 8.88. The molecule has 1 radical (unpaired) electrons.